The van der Waals surface area contributed by atoms with Crippen LogP contribution in [0.4, 0.5) is 18.9 Å². The molecule has 0 unspecified atom stereocenters. The molecular formula is C13H14F3N3. The molecule has 0 amide bonds. The molecule has 0 spiro atoms. The Morgan fingerprint density at radius 2 is 1.89 bits per heavy atom. The van der Waals surface area contributed by atoms with Crippen molar-refractivity contribution in [2.75, 3.05) is 18.0 Å². The van der Waals surface area contributed by atoms with Crippen LogP contribution in [-0.2, 0) is 6.18 Å². The number of nitriles is 1. The third kappa shape index (κ3) is 2.99. The van der Waals surface area contributed by atoms with E-state index in [0.29, 0.717) is 31.6 Å². The van der Waals surface area contributed by atoms with Gasteiger partial charge in [0.2, 0.25) is 0 Å². The van der Waals surface area contributed by atoms with Gasteiger partial charge >= 0.3 is 6.18 Å². The maximum absolute atomic E-state index is 12.6. The number of piperidine rings is 1. The Hall–Kier alpha value is -1.74. The van der Waals surface area contributed by atoms with Crippen LogP contribution in [0.1, 0.15) is 18.4 Å². The average molecular weight is 269 g/mol. The minimum absolute atomic E-state index is 0.458. The van der Waals surface area contributed by atoms with Gasteiger partial charge < -0.3 is 10.6 Å². The van der Waals surface area contributed by atoms with Crippen LogP contribution >= 0.6 is 0 Å². The summed E-state index contributed by atoms with van der Waals surface area (Å²) in [6, 6.07) is 7.28. The normalized spacial score (nSPS) is 19.0. The summed E-state index contributed by atoms with van der Waals surface area (Å²) in [7, 11) is 0. The molecule has 1 aromatic rings. The Labute approximate surface area is 109 Å². The molecule has 1 fully saturated rings. The van der Waals surface area contributed by atoms with E-state index in [1.165, 1.54) is 6.07 Å². The van der Waals surface area contributed by atoms with Crippen molar-refractivity contribution in [2.24, 2.45) is 5.73 Å². The first-order valence-electron chi connectivity index (χ1n) is 5.96. The fourth-order valence-electron chi connectivity index (χ4n) is 2.15. The van der Waals surface area contributed by atoms with Crippen LogP contribution in [0.3, 0.4) is 0 Å². The number of nitrogens with zero attached hydrogens (tertiary/aromatic N) is 2. The first-order valence-corrected chi connectivity index (χ1v) is 5.96. The Morgan fingerprint density at radius 1 is 1.26 bits per heavy atom. The molecule has 3 nitrogen and oxygen atoms in total. The van der Waals surface area contributed by atoms with Crippen molar-refractivity contribution in [2.45, 2.75) is 24.6 Å². The van der Waals surface area contributed by atoms with Crippen molar-refractivity contribution in [3.63, 3.8) is 0 Å². The lowest BCUT2D eigenvalue weighted by Crippen LogP contribution is -2.49. The van der Waals surface area contributed by atoms with Gasteiger partial charge in [-0.3, -0.25) is 0 Å². The second-order valence-electron chi connectivity index (χ2n) is 4.80. The SMILES string of the molecule is N#CC1(N)CCN(c2cccc(C(F)(F)F)c2)CC1. The summed E-state index contributed by atoms with van der Waals surface area (Å²) in [4.78, 5) is 1.83. The highest BCUT2D eigenvalue weighted by molar-refractivity contribution is 5.50. The summed E-state index contributed by atoms with van der Waals surface area (Å²) < 4.78 is 37.9. The molecular weight excluding hydrogens is 255 g/mol. The maximum atomic E-state index is 12.6. The van der Waals surface area contributed by atoms with E-state index < -0.39 is 17.3 Å². The largest absolute Gasteiger partial charge is 0.416 e. The van der Waals surface area contributed by atoms with Gasteiger partial charge in [-0.15, -0.1) is 0 Å². The average Bonchev–Trinajstić information content (AvgIpc) is 2.39. The summed E-state index contributed by atoms with van der Waals surface area (Å²) in [5.74, 6) is 0. The Morgan fingerprint density at radius 3 is 2.42 bits per heavy atom. The smallest absolute Gasteiger partial charge is 0.371 e. The maximum Gasteiger partial charge on any atom is 0.416 e. The molecule has 0 saturated carbocycles. The highest BCUT2D eigenvalue weighted by atomic mass is 19.4. The monoisotopic (exact) mass is 269 g/mol. The number of hydrogen-bond donors (Lipinski definition) is 1. The highest BCUT2D eigenvalue weighted by Crippen LogP contribution is 2.32. The van der Waals surface area contributed by atoms with Gasteiger partial charge in [-0.1, -0.05) is 6.07 Å². The summed E-state index contributed by atoms with van der Waals surface area (Å²) in [5, 5.41) is 8.92. The summed E-state index contributed by atoms with van der Waals surface area (Å²) >= 11 is 0. The van der Waals surface area contributed by atoms with E-state index in [1.54, 1.807) is 6.07 Å². The second-order valence-corrected chi connectivity index (χ2v) is 4.80. The zero-order valence-corrected chi connectivity index (χ0v) is 10.2. The summed E-state index contributed by atoms with van der Waals surface area (Å²) in [6.45, 7) is 0.983. The molecule has 0 radical (unpaired) electrons. The molecule has 0 bridgehead atoms. The lowest BCUT2D eigenvalue weighted by atomic mass is 9.90. The van der Waals surface area contributed by atoms with Gasteiger partial charge in [0.1, 0.15) is 5.54 Å². The Bertz CT molecular complexity index is 497. The van der Waals surface area contributed by atoms with Crippen LogP contribution in [0.5, 0.6) is 0 Å². The van der Waals surface area contributed by atoms with Gasteiger partial charge in [-0.05, 0) is 31.0 Å². The molecule has 2 N–H and O–H groups in total. The minimum atomic E-state index is -4.34. The van der Waals surface area contributed by atoms with Gasteiger partial charge in [-0.25, -0.2) is 0 Å². The molecule has 6 heteroatoms. The number of nitrogens with two attached hydrogens (primary N) is 1. The molecule has 19 heavy (non-hydrogen) atoms. The lowest BCUT2D eigenvalue weighted by molar-refractivity contribution is -0.137. The Kier molecular flexibility index (Phi) is 3.42. The van der Waals surface area contributed by atoms with Crippen LogP contribution in [0.15, 0.2) is 24.3 Å². The number of alkyl halides is 3. The van der Waals surface area contributed by atoms with E-state index in [2.05, 4.69) is 6.07 Å². The minimum Gasteiger partial charge on any atom is -0.371 e. The number of rotatable bonds is 1. The van der Waals surface area contributed by atoms with Crippen LogP contribution < -0.4 is 10.6 Å². The van der Waals surface area contributed by atoms with Gasteiger partial charge in [0.05, 0.1) is 11.6 Å². The van der Waals surface area contributed by atoms with Gasteiger partial charge in [-0.2, -0.15) is 18.4 Å². The fourth-order valence-corrected chi connectivity index (χ4v) is 2.15. The summed E-state index contributed by atoms with van der Waals surface area (Å²) in [6.07, 6.45) is -3.42. The lowest BCUT2D eigenvalue weighted by Gasteiger charge is -2.36. The van der Waals surface area contributed by atoms with Gasteiger partial charge in [0, 0.05) is 18.8 Å². The quantitative estimate of drug-likeness (QED) is 0.852. The first kappa shape index (κ1) is 13.7. The molecule has 1 aromatic carbocycles. The molecule has 0 aromatic heterocycles. The van der Waals surface area contributed by atoms with E-state index in [1.807, 2.05) is 4.90 Å². The molecule has 2 rings (SSSR count). The number of anilines is 1. The standard InChI is InChI=1S/C13H14F3N3/c14-13(15,16)10-2-1-3-11(8-10)19-6-4-12(18,9-17)5-7-19/h1-3,8H,4-7,18H2. The second kappa shape index (κ2) is 4.74. The van der Waals surface area contributed by atoms with E-state index in [-0.39, 0.29) is 0 Å². The molecule has 1 heterocycles. The predicted molar refractivity (Wildman–Crippen MR) is 65.4 cm³/mol. The van der Waals surface area contributed by atoms with Crippen molar-refractivity contribution in [3.05, 3.63) is 29.8 Å². The molecule has 1 aliphatic rings. The zero-order valence-electron chi connectivity index (χ0n) is 10.2. The zero-order chi connectivity index (χ0) is 14.1. The highest BCUT2D eigenvalue weighted by Gasteiger charge is 2.33. The fraction of sp³-hybridized carbons (Fsp3) is 0.462. The number of hydrogen-bond acceptors (Lipinski definition) is 3. The van der Waals surface area contributed by atoms with Crippen molar-refractivity contribution in [1.29, 1.82) is 5.26 Å². The van der Waals surface area contributed by atoms with Crippen molar-refractivity contribution in [1.82, 2.24) is 0 Å². The number of benzene rings is 1. The third-order valence-corrected chi connectivity index (χ3v) is 3.42. The van der Waals surface area contributed by atoms with E-state index >= 15 is 0 Å². The first-order chi connectivity index (χ1) is 8.84. The predicted octanol–water partition coefficient (Wildman–Crippen LogP) is 2.53. The van der Waals surface area contributed by atoms with Crippen molar-refractivity contribution in [3.8, 4) is 6.07 Å². The van der Waals surface area contributed by atoms with Crippen molar-refractivity contribution >= 4 is 5.69 Å². The van der Waals surface area contributed by atoms with Crippen LogP contribution in [0.2, 0.25) is 0 Å². The summed E-state index contributed by atoms with van der Waals surface area (Å²) in [5.41, 5.74) is 4.85. The third-order valence-electron chi connectivity index (χ3n) is 3.42. The van der Waals surface area contributed by atoms with E-state index in [9.17, 15) is 13.2 Å². The topological polar surface area (TPSA) is 53.1 Å². The Balaban J connectivity index is 2.15. The van der Waals surface area contributed by atoms with Crippen LogP contribution in [0.25, 0.3) is 0 Å². The van der Waals surface area contributed by atoms with Crippen LogP contribution in [-0.4, -0.2) is 18.6 Å². The van der Waals surface area contributed by atoms with Crippen LogP contribution in [0, 0.1) is 11.3 Å². The van der Waals surface area contributed by atoms with Gasteiger partial charge in [0.15, 0.2) is 0 Å². The molecule has 0 atom stereocenters. The molecule has 1 aliphatic heterocycles. The van der Waals surface area contributed by atoms with E-state index in [4.69, 9.17) is 11.0 Å². The molecule has 102 valence electrons. The van der Waals surface area contributed by atoms with E-state index in [0.717, 1.165) is 12.1 Å². The number of halogens is 3. The van der Waals surface area contributed by atoms with Crippen molar-refractivity contribution < 1.29 is 13.2 Å². The molecule has 0 aliphatic carbocycles. The van der Waals surface area contributed by atoms with Gasteiger partial charge in [0.25, 0.3) is 0 Å². The molecule has 1 saturated heterocycles.